The van der Waals surface area contributed by atoms with Gasteiger partial charge in [-0.25, -0.2) is 13.1 Å². The Kier molecular flexibility index (Phi) is 7.65. The molecule has 8 nitrogen and oxygen atoms in total. The van der Waals surface area contributed by atoms with Crippen LogP contribution in [0.25, 0.3) is 0 Å². The number of likely N-dealkylation sites (tertiary alicyclic amines) is 1. The SMILES string of the molecule is Cc1ccc(S(=O)(=O)NCC2CCCN(CC(=O)Nc3ccccc3C(=O)NC3CC3)C2)cc1. The minimum absolute atomic E-state index is 0.123. The van der Waals surface area contributed by atoms with Crippen molar-refractivity contribution in [1.29, 1.82) is 0 Å². The molecule has 34 heavy (non-hydrogen) atoms. The molecule has 1 saturated heterocycles. The Balaban J connectivity index is 1.29. The van der Waals surface area contributed by atoms with Crippen LogP contribution < -0.4 is 15.4 Å². The number of anilines is 1. The molecule has 3 N–H and O–H groups in total. The van der Waals surface area contributed by atoms with Crippen LogP contribution >= 0.6 is 0 Å². The summed E-state index contributed by atoms with van der Waals surface area (Å²) < 4.78 is 27.9. The minimum Gasteiger partial charge on any atom is -0.349 e. The number of hydrogen-bond donors (Lipinski definition) is 3. The first-order valence-electron chi connectivity index (χ1n) is 11.8. The molecule has 1 saturated carbocycles. The lowest BCUT2D eigenvalue weighted by Gasteiger charge is -2.32. The van der Waals surface area contributed by atoms with Crippen molar-refractivity contribution in [3.05, 3.63) is 59.7 Å². The molecule has 0 bridgehead atoms. The Bertz CT molecular complexity index is 1130. The molecule has 0 radical (unpaired) electrons. The van der Waals surface area contributed by atoms with Gasteiger partial charge in [0, 0.05) is 19.1 Å². The number of benzene rings is 2. The third kappa shape index (κ3) is 6.65. The Morgan fingerprint density at radius 2 is 1.76 bits per heavy atom. The van der Waals surface area contributed by atoms with Crippen molar-refractivity contribution in [1.82, 2.24) is 14.9 Å². The van der Waals surface area contributed by atoms with E-state index < -0.39 is 10.0 Å². The molecule has 4 rings (SSSR count). The van der Waals surface area contributed by atoms with Crippen LogP contribution in [0.4, 0.5) is 5.69 Å². The number of rotatable bonds is 9. The van der Waals surface area contributed by atoms with Crippen LogP contribution in [0.5, 0.6) is 0 Å². The number of aryl methyl sites for hydroxylation is 1. The minimum atomic E-state index is -3.56. The standard InChI is InChI=1S/C25H32N4O4S/c1-18-8-12-21(13-9-18)34(32,33)26-15-19-5-4-14-29(16-19)17-24(30)28-23-7-3-2-6-22(23)25(31)27-20-10-11-20/h2-3,6-9,12-13,19-20,26H,4-5,10-11,14-17H2,1H3,(H,27,31)(H,28,30). The van der Waals surface area contributed by atoms with E-state index in [4.69, 9.17) is 0 Å². The highest BCUT2D eigenvalue weighted by Gasteiger charge is 2.26. The molecular weight excluding hydrogens is 452 g/mol. The third-order valence-corrected chi connectivity index (χ3v) is 7.66. The van der Waals surface area contributed by atoms with E-state index in [0.29, 0.717) is 24.3 Å². The number of carbonyl (C=O) groups excluding carboxylic acids is 2. The number of para-hydroxylation sites is 1. The lowest BCUT2D eigenvalue weighted by Crippen LogP contribution is -2.44. The van der Waals surface area contributed by atoms with E-state index in [1.807, 2.05) is 11.8 Å². The lowest BCUT2D eigenvalue weighted by molar-refractivity contribution is -0.117. The molecule has 2 aromatic carbocycles. The first-order valence-corrected chi connectivity index (χ1v) is 13.3. The van der Waals surface area contributed by atoms with Crippen molar-refractivity contribution in [2.45, 2.75) is 43.5 Å². The molecule has 0 aromatic heterocycles. The Morgan fingerprint density at radius 1 is 1.03 bits per heavy atom. The molecular formula is C25H32N4O4S. The maximum Gasteiger partial charge on any atom is 0.253 e. The van der Waals surface area contributed by atoms with Gasteiger partial charge in [-0.05, 0) is 69.3 Å². The highest BCUT2D eigenvalue weighted by atomic mass is 32.2. The number of piperidine rings is 1. The number of carbonyl (C=O) groups is 2. The molecule has 9 heteroatoms. The van der Waals surface area contributed by atoms with Gasteiger partial charge in [0.15, 0.2) is 0 Å². The molecule has 182 valence electrons. The summed E-state index contributed by atoms with van der Waals surface area (Å²) in [6.07, 6.45) is 3.79. The van der Waals surface area contributed by atoms with Gasteiger partial charge in [0.25, 0.3) is 5.91 Å². The molecule has 1 aliphatic heterocycles. The summed E-state index contributed by atoms with van der Waals surface area (Å²) in [5.74, 6) is -0.233. The zero-order valence-electron chi connectivity index (χ0n) is 19.4. The van der Waals surface area contributed by atoms with Crippen molar-refractivity contribution in [2.75, 3.05) is 31.5 Å². The average molecular weight is 485 g/mol. The van der Waals surface area contributed by atoms with Crippen molar-refractivity contribution >= 4 is 27.5 Å². The summed E-state index contributed by atoms with van der Waals surface area (Å²) in [5.41, 5.74) is 1.97. The first kappa shape index (κ1) is 24.4. The van der Waals surface area contributed by atoms with E-state index in [2.05, 4.69) is 15.4 Å². The topological polar surface area (TPSA) is 108 Å². The van der Waals surface area contributed by atoms with Gasteiger partial charge in [0.05, 0.1) is 22.7 Å². The number of hydrogen-bond acceptors (Lipinski definition) is 5. The maximum atomic E-state index is 12.7. The van der Waals surface area contributed by atoms with E-state index in [9.17, 15) is 18.0 Å². The predicted octanol–water partition coefficient (Wildman–Crippen LogP) is 2.52. The van der Waals surface area contributed by atoms with Crippen LogP contribution in [0, 0.1) is 12.8 Å². The van der Waals surface area contributed by atoms with Crippen LogP contribution in [0.1, 0.15) is 41.6 Å². The van der Waals surface area contributed by atoms with Crippen LogP contribution in [-0.2, 0) is 14.8 Å². The monoisotopic (exact) mass is 484 g/mol. The molecule has 1 atom stereocenters. The van der Waals surface area contributed by atoms with Gasteiger partial charge in [-0.3, -0.25) is 14.5 Å². The highest BCUT2D eigenvalue weighted by Crippen LogP contribution is 2.22. The van der Waals surface area contributed by atoms with Crippen LogP contribution in [0.15, 0.2) is 53.4 Å². The van der Waals surface area contributed by atoms with E-state index in [1.54, 1.807) is 48.5 Å². The molecule has 2 aliphatic rings. The van der Waals surface area contributed by atoms with Gasteiger partial charge in [-0.2, -0.15) is 0 Å². The maximum absolute atomic E-state index is 12.7. The quantitative estimate of drug-likeness (QED) is 0.507. The summed E-state index contributed by atoms with van der Waals surface area (Å²) in [4.78, 5) is 27.5. The summed E-state index contributed by atoms with van der Waals surface area (Å²) in [6.45, 7) is 3.85. The Hall–Kier alpha value is -2.75. The predicted molar refractivity (Wildman–Crippen MR) is 131 cm³/mol. The second-order valence-corrected chi connectivity index (χ2v) is 11.0. The van der Waals surface area contributed by atoms with Crippen molar-refractivity contribution in [2.24, 2.45) is 5.92 Å². The summed E-state index contributed by atoms with van der Waals surface area (Å²) >= 11 is 0. The second-order valence-electron chi connectivity index (χ2n) is 9.25. The van der Waals surface area contributed by atoms with Crippen molar-refractivity contribution in [3.8, 4) is 0 Å². The van der Waals surface area contributed by atoms with Gasteiger partial charge in [0.2, 0.25) is 15.9 Å². The largest absolute Gasteiger partial charge is 0.349 e. The molecule has 2 fully saturated rings. The van der Waals surface area contributed by atoms with Crippen LogP contribution in [0.3, 0.4) is 0 Å². The molecule has 1 unspecified atom stereocenters. The lowest BCUT2D eigenvalue weighted by atomic mass is 9.98. The van der Waals surface area contributed by atoms with Crippen LogP contribution in [0.2, 0.25) is 0 Å². The van der Waals surface area contributed by atoms with Gasteiger partial charge >= 0.3 is 0 Å². The zero-order chi connectivity index (χ0) is 24.1. The fraction of sp³-hybridized carbons (Fsp3) is 0.440. The molecule has 2 aromatic rings. The Morgan fingerprint density at radius 3 is 2.50 bits per heavy atom. The van der Waals surface area contributed by atoms with E-state index >= 15 is 0 Å². The van der Waals surface area contributed by atoms with Crippen LogP contribution in [-0.4, -0.2) is 57.4 Å². The van der Waals surface area contributed by atoms with Gasteiger partial charge < -0.3 is 10.6 Å². The molecule has 2 amide bonds. The highest BCUT2D eigenvalue weighted by molar-refractivity contribution is 7.89. The normalized spacial score (nSPS) is 18.9. The van der Waals surface area contributed by atoms with Crippen molar-refractivity contribution in [3.63, 3.8) is 0 Å². The number of nitrogens with one attached hydrogen (secondary N) is 3. The first-order chi connectivity index (χ1) is 16.3. The zero-order valence-corrected chi connectivity index (χ0v) is 20.2. The smallest absolute Gasteiger partial charge is 0.253 e. The fourth-order valence-electron chi connectivity index (χ4n) is 4.16. The summed E-state index contributed by atoms with van der Waals surface area (Å²) in [6, 6.07) is 14.0. The number of sulfonamides is 1. The van der Waals surface area contributed by atoms with Crippen molar-refractivity contribution < 1.29 is 18.0 Å². The van der Waals surface area contributed by atoms with Gasteiger partial charge in [-0.15, -0.1) is 0 Å². The van der Waals surface area contributed by atoms with Gasteiger partial charge in [0.1, 0.15) is 0 Å². The number of amides is 2. The average Bonchev–Trinajstić information content (AvgIpc) is 3.62. The number of nitrogens with zero attached hydrogens (tertiary/aromatic N) is 1. The Labute approximate surface area is 201 Å². The molecule has 1 aliphatic carbocycles. The van der Waals surface area contributed by atoms with E-state index in [0.717, 1.165) is 37.8 Å². The molecule has 0 spiro atoms. The third-order valence-electron chi connectivity index (χ3n) is 6.22. The van der Waals surface area contributed by atoms with E-state index in [1.165, 1.54) is 0 Å². The second kappa shape index (κ2) is 10.7. The summed E-state index contributed by atoms with van der Waals surface area (Å²) in [5, 5.41) is 5.83. The fourth-order valence-corrected chi connectivity index (χ4v) is 5.28. The van der Waals surface area contributed by atoms with Gasteiger partial charge in [-0.1, -0.05) is 29.8 Å². The summed E-state index contributed by atoms with van der Waals surface area (Å²) in [7, 11) is -3.56. The molecule has 1 heterocycles. The van der Waals surface area contributed by atoms with E-state index in [-0.39, 0.29) is 35.2 Å².